The van der Waals surface area contributed by atoms with E-state index in [0.29, 0.717) is 12.3 Å². The first-order valence-corrected chi connectivity index (χ1v) is 11.7. The largest absolute Gasteiger partial charge is 0.324 e. The maximum Gasteiger partial charge on any atom is 0.244 e. The third-order valence-corrected chi connectivity index (χ3v) is 7.25. The zero-order valence-electron chi connectivity index (χ0n) is 15.8. The van der Waals surface area contributed by atoms with Gasteiger partial charge < -0.3 is 10.2 Å². The van der Waals surface area contributed by atoms with Crippen LogP contribution in [0.5, 0.6) is 0 Å². The SMILES string of the molecule is O=C1CN(C(=O)CCC2CCCCC2)C(c2cccs2)c2cc(Br)ccc2N1. The summed E-state index contributed by atoms with van der Waals surface area (Å²) in [5.74, 6) is 0.598. The molecule has 0 saturated heterocycles. The van der Waals surface area contributed by atoms with E-state index in [-0.39, 0.29) is 24.4 Å². The molecule has 2 heterocycles. The maximum absolute atomic E-state index is 13.3. The Balaban J connectivity index is 1.63. The molecule has 2 aliphatic rings. The van der Waals surface area contributed by atoms with Gasteiger partial charge in [-0.25, -0.2) is 0 Å². The molecule has 4 rings (SSSR count). The predicted octanol–water partition coefficient (Wildman–Crippen LogP) is 5.74. The first-order valence-electron chi connectivity index (χ1n) is 10.0. The minimum atomic E-state index is -0.231. The van der Waals surface area contributed by atoms with Crippen LogP contribution in [0.3, 0.4) is 0 Å². The highest BCUT2D eigenvalue weighted by Gasteiger charge is 2.34. The Morgan fingerprint density at radius 3 is 2.79 bits per heavy atom. The number of nitrogens with one attached hydrogen (secondary N) is 1. The third-order valence-electron chi connectivity index (χ3n) is 5.83. The van der Waals surface area contributed by atoms with Crippen molar-refractivity contribution in [1.29, 1.82) is 0 Å². The number of carbonyl (C=O) groups excluding carboxylic acids is 2. The zero-order valence-corrected chi connectivity index (χ0v) is 18.2. The molecule has 2 aromatic rings. The highest BCUT2D eigenvalue weighted by molar-refractivity contribution is 9.10. The lowest BCUT2D eigenvalue weighted by Crippen LogP contribution is -2.38. The molecular formula is C22H25BrN2O2S. The van der Waals surface area contributed by atoms with E-state index in [4.69, 9.17) is 0 Å². The number of fused-ring (bicyclic) bond motifs is 1. The predicted molar refractivity (Wildman–Crippen MR) is 116 cm³/mol. The van der Waals surface area contributed by atoms with Gasteiger partial charge in [-0.1, -0.05) is 54.1 Å². The second-order valence-corrected chi connectivity index (χ2v) is 9.66. The molecule has 1 fully saturated rings. The minimum Gasteiger partial charge on any atom is -0.324 e. The summed E-state index contributed by atoms with van der Waals surface area (Å²) in [4.78, 5) is 28.7. The second kappa shape index (κ2) is 8.78. The van der Waals surface area contributed by atoms with Gasteiger partial charge in [0.25, 0.3) is 0 Å². The van der Waals surface area contributed by atoms with E-state index < -0.39 is 0 Å². The number of carbonyl (C=O) groups is 2. The monoisotopic (exact) mass is 460 g/mol. The van der Waals surface area contributed by atoms with E-state index in [1.807, 2.05) is 29.6 Å². The van der Waals surface area contributed by atoms with Crippen LogP contribution in [0.2, 0.25) is 0 Å². The fraction of sp³-hybridized carbons (Fsp3) is 0.455. The number of amides is 2. The van der Waals surface area contributed by atoms with Gasteiger partial charge in [-0.05, 0) is 42.0 Å². The van der Waals surface area contributed by atoms with E-state index >= 15 is 0 Å². The van der Waals surface area contributed by atoms with Gasteiger partial charge in [-0.15, -0.1) is 11.3 Å². The Hall–Kier alpha value is -1.66. The standard InChI is InChI=1S/C22H25BrN2O2S/c23-16-9-10-18-17(13-16)22(19-7-4-12-28-19)25(14-20(26)24-18)21(27)11-8-15-5-2-1-3-6-15/h4,7,9-10,12-13,15,22H,1-3,5-6,8,11,14H2,(H,24,26). The van der Waals surface area contributed by atoms with Crippen LogP contribution in [0.15, 0.2) is 40.2 Å². The number of nitrogens with zero attached hydrogens (tertiary/aromatic N) is 1. The Kier molecular flexibility index (Phi) is 6.16. The van der Waals surface area contributed by atoms with E-state index in [1.165, 1.54) is 32.1 Å². The quantitative estimate of drug-likeness (QED) is 0.631. The van der Waals surface area contributed by atoms with Gasteiger partial charge >= 0.3 is 0 Å². The molecule has 2 amide bonds. The molecule has 4 nitrogen and oxygen atoms in total. The van der Waals surface area contributed by atoms with Crippen LogP contribution in [0, 0.1) is 5.92 Å². The van der Waals surface area contributed by atoms with Crippen LogP contribution >= 0.6 is 27.3 Å². The Labute approximate surface area is 178 Å². The van der Waals surface area contributed by atoms with Crippen LogP contribution in [0.25, 0.3) is 0 Å². The number of halogens is 1. The van der Waals surface area contributed by atoms with Gasteiger partial charge in [0.15, 0.2) is 0 Å². The van der Waals surface area contributed by atoms with Crippen LogP contribution < -0.4 is 5.32 Å². The van der Waals surface area contributed by atoms with Crippen molar-refractivity contribution in [3.63, 3.8) is 0 Å². The average molecular weight is 461 g/mol. The first kappa shape index (κ1) is 19.6. The van der Waals surface area contributed by atoms with Crippen molar-refractivity contribution in [2.75, 3.05) is 11.9 Å². The van der Waals surface area contributed by atoms with Crippen molar-refractivity contribution in [3.05, 3.63) is 50.6 Å². The van der Waals surface area contributed by atoms with E-state index in [1.54, 1.807) is 16.2 Å². The highest BCUT2D eigenvalue weighted by atomic mass is 79.9. The fourth-order valence-electron chi connectivity index (χ4n) is 4.41. The summed E-state index contributed by atoms with van der Waals surface area (Å²) in [6.45, 7) is 0.0956. The van der Waals surface area contributed by atoms with Crippen molar-refractivity contribution in [1.82, 2.24) is 4.90 Å². The van der Waals surface area contributed by atoms with Crippen LogP contribution in [-0.4, -0.2) is 23.3 Å². The topological polar surface area (TPSA) is 49.4 Å². The van der Waals surface area contributed by atoms with Crippen molar-refractivity contribution in [2.45, 2.75) is 51.0 Å². The smallest absolute Gasteiger partial charge is 0.244 e. The summed E-state index contributed by atoms with van der Waals surface area (Å²) >= 11 is 5.18. The molecule has 1 aliphatic heterocycles. The van der Waals surface area contributed by atoms with Crippen LogP contribution in [0.4, 0.5) is 5.69 Å². The van der Waals surface area contributed by atoms with Crippen LogP contribution in [-0.2, 0) is 9.59 Å². The summed E-state index contributed by atoms with van der Waals surface area (Å²) in [7, 11) is 0. The summed E-state index contributed by atoms with van der Waals surface area (Å²) in [6.07, 6.45) is 7.80. The van der Waals surface area contributed by atoms with Crippen molar-refractivity contribution < 1.29 is 9.59 Å². The Morgan fingerprint density at radius 1 is 1.21 bits per heavy atom. The molecule has 1 atom stereocenters. The van der Waals surface area contributed by atoms with Crippen molar-refractivity contribution in [2.24, 2.45) is 5.92 Å². The molecular weight excluding hydrogens is 436 g/mol. The summed E-state index contributed by atoms with van der Waals surface area (Å²) in [6, 6.07) is 9.68. The third kappa shape index (κ3) is 4.33. The van der Waals surface area contributed by atoms with Crippen LogP contribution in [0.1, 0.15) is 61.4 Å². The molecule has 1 aromatic carbocycles. The Morgan fingerprint density at radius 2 is 2.04 bits per heavy atom. The highest BCUT2D eigenvalue weighted by Crippen LogP contribution is 2.39. The molecule has 1 aliphatic carbocycles. The molecule has 0 radical (unpaired) electrons. The Bertz CT molecular complexity index is 846. The van der Waals surface area contributed by atoms with Gasteiger partial charge in [0, 0.05) is 27.0 Å². The fourth-order valence-corrected chi connectivity index (χ4v) is 5.64. The molecule has 0 spiro atoms. The second-order valence-electron chi connectivity index (χ2n) is 7.76. The van der Waals surface area contributed by atoms with E-state index in [2.05, 4.69) is 27.3 Å². The maximum atomic E-state index is 13.3. The number of hydrogen-bond acceptors (Lipinski definition) is 3. The summed E-state index contributed by atoms with van der Waals surface area (Å²) in [5, 5.41) is 5.01. The van der Waals surface area contributed by atoms with Crippen molar-refractivity contribution in [3.8, 4) is 0 Å². The molecule has 1 saturated carbocycles. The molecule has 148 valence electrons. The van der Waals surface area contributed by atoms with E-state index in [9.17, 15) is 9.59 Å². The molecule has 1 unspecified atom stereocenters. The lowest BCUT2D eigenvalue weighted by atomic mass is 9.86. The number of hydrogen-bond donors (Lipinski definition) is 1. The van der Waals surface area contributed by atoms with Gasteiger partial charge in [-0.3, -0.25) is 9.59 Å². The lowest BCUT2D eigenvalue weighted by molar-refractivity contribution is -0.136. The molecule has 0 bridgehead atoms. The summed E-state index contributed by atoms with van der Waals surface area (Å²) in [5.41, 5.74) is 1.75. The summed E-state index contributed by atoms with van der Waals surface area (Å²) < 4.78 is 0.943. The van der Waals surface area contributed by atoms with E-state index in [0.717, 1.165) is 27.0 Å². The zero-order chi connectivity index (χ0) is 19.5. The van der Waals surface area contributed by atoms with Gasteiger partial charge in [-0.2, -0.15) is 0 Å². The van der Waals surface area contributed by atoms with Gasteiger partial charge in [0.2, 0.25) is 11.8 Å². The number of rotatable bonds is 4. The first-order chi connectivity index (χ1) is 13.6. The van der Waals surface area contributed by atoms with Gasteiger partial charge in [0.05, 0.1) is 6.04 Å². The van der Waals surface area contributed by atoms with Crippen molar-refractivity contribution >= 4 is 44.8 Å². The molecule has 6 heteroatoms. The number of thiophene rings is 1. The number of benzene rings is 1. The molecule has 28 heavy (non-hydrogen) atoms. The molecule has 1 aromatic heterocycles. The average Bonchev–Trinajstić information content (AvgIpc) is 3.18. The normalized spacial score (nSPS) is 20.4. The number of anilines is 1. The minimum absolute atomic E-state index is 0.0759. The lowest BCUT2D eigenvalue weighted by Gasteiger charge is -2.30. The molecule has 1 N–H and O–H groups in total. The van der Waals surface area contributed by atoms with Gasteiger partial charge in [0.1, 0.15) is 6.54 Å².